The molecule has 98 valence electrons. The van der Waals surface area contributed by atoms with E-state index in [4.69, 9.17) is 0 Å². The number of aromatic nitrogens is 1. The highest BCUT2D eigenvalue weighted by Crippen LogP contribution is 2.38. The Hall–Kier alpha value is -1.09. The van der Waals surface area contributed by atoms with Crippen LogP contribution in [0.1, 0.15) is 32.6 Å². The molecule has 3 heteroatoms. The third-order valence-electron chi connectivity index (χ3n) is 4.41. The first kappa shape index (κ1) is 12.0. The number of rotatable bonds is 4. The Morgan fingerprint density at radius 1 is 1.17 bits per heavy atom. The summed E-state index contributed by atoms with van der Waals surface area (Å²) in [5.74, 6) is 0.910. The molecule has 3 nitrogen and oxygen atoms in total. The Kier molecular flexibility index (Phi) is 3.50. The van der Waals surface area contributed by atoms with Gasteiger partial charge in [0.1, 0.15) is 0 Å². The molecule has 1 aliphatic heterocycles. The highest BCUT2D eigenvalue weighted by Gasteiger charge is 2.35. The first-order valence-corrected chi connectivity index (χ1v) is 7.25. The number of hydrogen-bond acceptors (Lipinski definition) is 3. The number of nitrogens with zero attached hydrogens (tertiary/aromatic N) is 2. The van der Waals surface area contributed by atoms with Crippen LogP contribution in [0.15, 0.2) is 24.5 Å². The minimum Gasteiger partial charge on any atom is -0.365 e. The molecule has 1 saturated heterocycles. The van der Waals surface area contributed by atoms with Crippen LogP contribution >= 0.6 is 0 Å². The van der Waals surface area contributed by atoms with Gasteiger partial charge < -0.3 is 10.2 Å². The lowest BCUT2D eigenvalue weighted by Gasteiger charge is -2.41. The molecular formula is C15H23N3. The molecule has 0 aromatic carbocycles. The van der Waals surface area contributed by atoms with Crippen LogP contribution in [-0.2, 0) is 0 Å². The van der Waals surface area contributed by atoms with Crippen LogP contribution in [0, 0.1) is 5.92 Å². The largest absolute Gasteiger partial charge is 0.365 e. The van der Waals surface area contributed by atoms with Crippen LogP contribution in [0.25, 0.3) is 0 Å². The lowest BCUT2D eigenvalue weighted by Crippen LogP contribution is -2.48. The van der Waals surface area contributed by atoms with Gasteiger partial charge in [-0.25, -0.2) is 0 Å². The molecule has 1 N–H and O–H groups in total. The Morgan fingerprint density at radius 2 is 1.83 bits per heavy atom. The molecular weight excluding hydrogens is 222 g/mol. The molecule has 3 rings (SSSR count). The van der Waals surface area contributed by atoms with Gasteiger partial charge >= 0.3 is 0 Å². The maximum absolute atomic E-state index is 4.15. The summed E-state index contributed by atoms with van der Waals surface area (Å²) in [6.45, 7) is 4.72. The fraction of sp³-hybridized carbons (Fsp3) is 0.667. The van der Waals surface area contributed by atoms with Crippen LogP contribution in [0.3, 0.4) is 0 Å². The van der Waals surface area contributed by atoms with E-state index in [0.717, 1.165) is 19.0 Å². The molecule has 0 bridgehead atoms. The quantitative estimate of drug-likeness (QED) is 0.883. The monoisotopic (exact) mass is 245 g/mol. The summed E-state index contributed by atoms with van der Waals surface area (Å²) in [5.41, 5.74) is 1.36. The Morgan fingerprint density at radius 3 is 2.44 bits per heavy atom. The van der Waals surface area contributed by atoms with Gasteiger partial charge in [-0.2, -0.15) is 0 Å². The van der Waals surface area contributed by atoms with Gasteiger partial charge in [-0.15, -0.1) is 0 Å². The van der Waals surface area contributed by atoms with Crippen molar-refractivity contribution in [1.82, 2.24) is 10.3 Å². The molecule has 1 atom stereocenters. The number of hydrogen-bond donors (Lipinski definition) is 1. The van der Waals surface area contributed by atoms with Gasteiger partial charge in [0.25, 0.3) is 0 Å². The molecule has 1 aromatic heterocycles. The topological polar surface area (TPSA) is 28.2 Å². The fourth-order valence-corrected chi connectivity index (χ4v) is 3.19. The predicted molar refractivity (Wildman–Crippen MR) is 74.8 cm³/mol. The zero-order valence-corrected chi connectivity index (χ0v) is 11.2. The molecule has 1 aliphatic carbocycles. The maximum atomic E-state index is 4.15. The summed E-state index contributed by atoms with van der Waals surface area (Å²) in [7, 11) is 0. The van der Waals surface area contributed by atoms with E-state index in [1.165, 1.54) is 31.4 Å². The van der Waals surface area contributed by atoms with Gasteiger partial charge in [0.05, 0.1) is 0 Å². The normalized spacial score (nSPS) is 22.7. The molecule has 1 unspecified atom stereocenters. The second kappa shape index (κ2) is 5.27. The molecule has 0 spiro atoms. The SMILES string of the molecule is CC(C1CC1)N(c1ccncc1)C1CCNCC1. The van der Waals surface area contributed by atoms with Crippen LogP contribution in [0.2, 0.25) is 0 Å². The molecule has 0 radical (unpaired) electrons. The van der Waals surface area contributed by atoms with Crippen molar-refractivity contribution in [2.24, 2.45) is 5.92 Å². The number of anilines is 1. The van der Waals surface area contributed by atoms with Gasteiger partial charge in [0, 0.05) is 30.2 Å². The summed E-state index contributed by atoms with van der Waals surface area (Å²) in [4.78, 5) is 6.82. The fourth-order valence-electron chi connectivity index (χ4n) is 3.19. The third-order valence-corrected chi connectivity index (χ3v) is 4.41. The first-order chi connectivity index (χ1) is 8.86. The Bertz CT molecular complexity index is 369. The van der Waals surface area contributed by atoms with E-state index in [1.807, 2.05) is 12.4 Å². The number of piperidine rings is 1. The number of nitrogens with one attached hydrogen (secondary N) is 1. The van der Waals surface area contributed by atoms with Gasteiger partial charge in [0.2, 0.25) is 0 Å². The van der Waals surface area contributed by atoms with E-state index in [9.17, 15) is 0 Å². The average Bonchev–Trinajstić information content (AvgIpc) is 3.26. The highest BCUT2D eigenvalue weighted by atomic mass is 15.2. The molecule has 0 amide bonds. The van der Waals surface area contributed by atoms with Gasteiger partial charge in [-0.1, -0.05) is 0 Å². The highest BCUT2D eigenvalue weighted by molar-refractivity contribution is 5.47. The van der Waals surface area contributed by atoms with E-state index in [0.29, 0.717) is 12.1 Å². The second-order valence-corrected chi connectivity index (χ2v) is 5.67. The minimum absolute atomic E-state index is 0.676. The summed E-state index contributed by atoms with van der Waals surface area (Å²) in [6, 6.07) is 5.71. The Labute approximate surface area is 110 Å². The lowest BCUT2D eigenvalue weighted by atomic mass is 10.00. The van der Waals surface area contributed by atoms with Crippen molar-refractivity contribution in [3.05, 3.63) is 24.5 Å². The van der Waals surface area contributed by atoms with Crippen molar-refractivity contribution in [3.63, 3.8) is 0 Å². The molecule has 1 aromatic rings. The minimum atomic E-state index is 0.676. The van der Waals surface area contributed by atoms with Crippen LogP contribution < -0.4 is 10.2 Å². The van der Waals surface area contributed by atoms with Crippen LogP contribution in [0.4, 0.5) is 5.69 Å². The number of pyridine rings is 1. The van der Waals surface area contributed by atoms with E-state index >= 15 is 0 Å². The third kappa shape index (κ3) is 2.51. The van der Waals surface area contributed by atoms with E-state index in [-0.39, 0.29) is 0 Å². The molecule has 2 fully saturated rings. The first-order valence-electron chi connectivity index (χ1n) is 7.25. The van der Waals surface area contributed by atoms with E-state index in [2.05, 4.69) is 34.3 Å². The molecule has 1 saturated carbocycles. The van der Waals surface area contributed by atoms with Gasteiger partial charge in [-0.05, 0) is 63.7 Å². The molecule has 18 heavy (non-hydrogen) atoms. The molecule has 2 heterocycles. The average molecular weight is 245 g/mol. The molecule has 2 aliphatic rings. The summed E-state index contributed by atoms with van der Waals surface area (Å²) < 4.78 is 0. The van der Waals surface area contributed by atoms with Crippen LogP contribution in [0.5, 0.6) is 0 Å². The van der Waals surface area contributed by atoms with E-state index in [1.54, 1.807) is 0 Å². The van der Waals surface area contributed by atoms with E-state index < -0.39 is 0 Å². The van der Waals surface area contributed by atoms with Crippen LogP contribution in [-0.4, -0.2) is 30.2 Å². The standard InChI is InChI=1S/C15H23N3/c1-12(13-2-3-13)18(14-4-8-16-9-5-14)15-6-10-17-11-7-15/h4-5,8-9,12-13,15,17H,2-3,6-7,10-11H2,1H3. The lowest BCUT2D eigenvalue weighted by molar-refractivity contribution is 0.393. The smallest absolute Gasteiger partial charge is 0.0402 e. The van der Waals surface area contributed by atoms with Crippen molar-refractivity contribution in [2.75, 3.05) is 18.0 Å². The summed E-state index contributed by atoms with van der Waals surface area (Å²) >= 11 is 0. The van der Waals surface area contributed by atoms with Crippen molar-refractivity contribution < 1.29 is 0 Å². The maximum Gasteiger partial charge on any atom is 0.0402 e. The van der Waals surface area contributed by atoms with Crippen molar-refractivity contribution in [2.45, 2.75) is 44.7 Å². The zero-order valence-electron chi connectivity index (χ0n) is 11.2. The van der Waals surface area contributed by atoms with Gasteiger partial charge in [-0.3, -0.25) is 4.98 Å². The predicted octanol–water partition coefficient (Wildman–Crippen LogP) is 2.44. The van der Waals surface area contributed by atoms with Crippen molar-refractivity contribution in [1.29, 1.82) is 0 Å². The summed E-state index contributed by atoms with van der Waals surface area (Å²) in [5, 5.41) is 3.47. The summed E-state index contributed by atoms with van der Waals surface area (Å²) in [6.07, 6.45) is 9.19. The van der Waals surface area contributed by atoms with Crippen molar-refractivity contribution >= 4 is 5.69 Å². The zero-order chi connectivity index (χ0) is 12.4. The van der Waals surface area contributed by atoms with Gasteiger partial charge in [0.15, 0.2) is 0 Å². The second-order valence-electron chi connectivity index (χ2n) is 5.67. The Balaban J connectivity index is 1.82. The van der Waals surface area contributed by atoms with Crippen molar-refractivity contribution in [3.8, 4) is 0 Å².